The summed E-state index contributed by atoms with van der Waals surface area (Å²) in [7, 11) is 1.65. The fourth-order valence-electron chi connectivity index (χ4n) is 11.8. The molecule has 0 aliphatic carbocycles. The second-order valence-electron chi connectivity index (χ2n) is 26.7. The molecular formula is C97H98O18S2Se3. The van der Waals surface area contributed by atoms with Crippen LogP contribution < -0.4 is 0 Å². The third kappa shape index (κ3) is 28.1. The molecule has 0 saturated carbocycles. The molecule has 15 heterocycles. The number of rotatable bonds is 29. The minimum Gasteiger partial charge on any atom is -0.461 e. The van der Waals surface area contributed by atoms with E-state index in [4.69, 9.17) is 82.1 Å². The summed E-state index contributed by atoms with van der Waals surface area (Å²) >= 11 is 5.12. The van der Waals surface area contributed by atoms with Gasteiger partial charge < -0.3 is 73.2 Å². The molecule has 19 rings (SSSR count). The van der Waals surface area contributed by atoms with E-state index in [-0.39, 0.29) is 0 Å². The van der Waals surface area contributed by atoms with Crippen LogP contribution in [0.3, 0.4) is 0 Å². The molecule has 0 amide bonds. The molecule has 0 unspecified atom stereocenters. The quantitative estimate of drug-likeness (QED) is 0.0243. The molecule has 120 heavy (non-hydrogen) atoms. The van der Waals surface area contributed by atoms with Gasteiger partial charge in [-0.3, -0.25) is 0 Å². The second-order valence-corrected chi connectivity index (χ2v) is 35.0. The molecule has 0 fully saturated rings. The molecule has 0 atom stereocenters. The fourth-order valence-corrected chi connectivity index (χ4v) is 20.6. The molecule has 624 valence electrons. The van der Waals surface area contributed by atoms with Crippen LogP contribution in [0, 0.1) is 41.5 Å². The fraction of sp³-hybridized carbons (Fsp3) is 0.237. The summed E-state index contributed by atoms with van der Waals surface area (Å²) in [6, 6.07) is 77.5. The molecule has 0 aliphatic heterocycles. The molecule has 0 aliphatic rings. The number of hydrogen-bond acceptors (Lipinski definition) is 20. The molecule has 4 aromatic carbocycles. The zero-order valence-electron chi connectivity index (χ0n) is 68.4. The van der Waals surface area contributed by atoms with Crippen molar-refractivity contribution in [2.75, 3.05) is 93.0 Å². The molecule has 0 N–H and O–H groups in total. The van der Waals surface area contributed by atoms with Crippen molar-refractivity contribution >= 4 is 117 Å². The van der Waals surface area contributed by atoms with Gasteiger partial charge in [0.1, 0.15) is 65.1 Å². The first-order valence-electron chi connectivity index (χ1n) is 39.3. The van der Waals surface area contributed by atoms with E-state index in [0.717, 1.165) is 104 Å². The van der Waals surface area contributed by atoms with Gasteiger partial charge >= 0.3 is 165 Å². The number of benzene rings is 4. The zero-order chi connectivity index (χ0) is 83.3. The van der Waals surface area contributed by atoms with Crippen molar-refractivity contribution in [2.45, 2.75) is 61.7 Å². The van der Waals surface area contributed by atoms with Crippen molar-refractivity contribution < 1.29 is 82.1 Å². The first-order valence-corrected chi connectivity index (χ1v) is 46.4. The summed E-state index contributed by atoms with van der Waals surface area (Å²) in [5.74, 6) is 13.8. The smallest absolute Gasteiger partial charge is 0.134 e. The van der Waals surface area contributed by atoms with Gasteiger partial charge in [0, 0.05) is 46.4 Å². The van der Waals surface area contributed by atoms with Crippen LogP contribution in [-0.2, 0) is 51.1 Å². The maximum Gasteiger partial charge on any atom is 0.134 e. The van der Waals surface area contributed by atoms with Crippen LogP contribution >= 0.6 is 22.7 Å². The number of hydrogen-bond donors (Lipinski definition) is 0. The topological polar surface area (TPSA) is 205 Å². The molecule has 0 bridgehead atoms. The first-order chi connectivity index (χ1) is 58.9. The number of thiophene rings is 2. The Labute approximate surface area is 723 Å². The summed E-state index contributed by atoms with van der Waals surface area (Å²) in [6.45, 7) is 22.5. The maximum atomic E-state index is 5.89. The van der Waals surface area contributed by atoms with E-state index in [2.05, 4.69) is 118 Å². The van der Waals surface area contributed by atoms with Crippen LogP contribution in [0.2, 0.25) is 0 Å². The van der Waals surface area contributed by atoms with Gasteiger partial charge in [-0.25, -0.2) is 0 Å². The van der Waals surface area contributed by atoms with Crippen molar-refractivity contribution in [2.24, 2.45) is 0 Å². The standard InChI is InChI=1S/C19H14O.C13H22O5.C12H20O5.C11H8O3.C11H8OS2.C11H8OSe2.C11H10O.C9H8OSe/c1-13-10-11-18(20-13)19-16-8-4-2-6-14(16)12-15-7-3-5-9-17(15)19;1-2-14-6-7-15-8-9-16-10-11-17-12-13-4-3-5-18-13;1-13-5-6-14-7-8-15-9-10-16-11-12-3-2-4-17-12;1-7-2-3-8(13-7)11-6-10-9(14-11)4-5-12-10;2*1-7-2-3-8(12-7)10-6-11-9(14-10)4-5-13-11;1-9-7-8-11(12-9)10-5-3-2-4-6-10;1-7-4-5-8(10-7)9-3-2-6-11-9/h2-12H,1H3;3-5H,2,6-12H2,1H3;2-4H,5-11H2,1H3;3*2-6H,1H3;2-8H,1H3;2-6H,1H3. The van der Waals surface area contributed by atoms with Crippen molar-refractivity contribution in [3.8, 4) is 65.2 Å². The monoisotopic (exact) mass is 1850 g/mol. The van der Waals surface area contributed by atoms with Crippen molar-refractivity contribution in [3.05, 3.63) is 311 Å². The number of methoxy groups -OCH3 is 1. The maximum absolute atomic E-state index is 5.89. The van der Waals surface area contributed by atoms with Gasteiger partial charge in [0.15, 0.2) is 22.7 Å². The summed E-state index contributed by atoms with van der Waals surface area (Å²) in [6.07, 6.45) is 4.87. The van der Waals surface area contributed by atoms with E-state index in [1.165, 1.54) is 50.3 Å². The van der Waals surface area contributed by atoms with Gasteiger partial charge in [0.05, 0.1) is 103 Å². The minimum absolute atomic E-state index is 0.481. The van der Waals surface area contributed by atoms with Gasteiger partial charge in [-0.2, -0.15) is 0 Å². The van der Waals surface area contributed by atoms with Crippen molar-refractivity contribution in [1.82, 2.24) is 0 Å². The van der Waals surface area contributed by atoms with E-state index < -0.39 is 0 Å². The normalized spacial score (nSPS) is 10.9. The van der Waals surface area contributed by atoms with Crippen LogP contribution in [-0.4, -0.2) is 137 Å². The Kier molecular flexibility index (Phi) is 36.1. The third-order valence-corrected chi connectivity index (χ3v) is 26.3. The molecule has 23 heteroatoms. The van der Waals surface area contributed by atoms with E-state index in [0.29, 0.717) is 142 Å². The van der Waals surface area contributed by atoms with Gasteiger partial charge in [-0.05, 0) is 153 Å². The molecular weight excluding hydrogens is 1750 g/mol. The van der Waals surface area contributed by atoms with E-state index in [1.807, 2.05) is 170 Å². The Morgan fingerprint density at radius 3 is 1.34 bits per heavy atom. The number of fused-ring (bicyclic) bond motifs is 5. The summed E-state index contributed by atoms with van der Waals surface area (Å²) in [5, 5.41) is 7.09. The summed E-state index contributed by atoms with van der Waals surface area (Å²) < 4.78 is 105. The predicted molar refractivity (Wildman–Crippen MR) is 480 cm³/mol. The minimum atomic E-state index is 0.481. The summed E-state index contributed by atoms with van der Waals surface area (Å²) in [5.41, 5.74) is 3.81. The Balaban J connectivity index is 0.000000126. The zero-order valence-corrected chi connectivity index (χ0v) is 75.2. The second kappa shape index (κ2) is 48.5. The third-order valence-electron chi connectivity index (χ3n) is 17.6. The van der Waals surface area contributed by atoms with E-state index in [1.54, 1.807) is 63.2 Å². The van der Waals surface area contributed by atoms with Gasteiger partial charge in [0.25, 0.3) is 0 Å². The molecule has 0 saturated heterocycles. The van der Waals surface area contributed by atoms with Crippen molar-refractivity contribution in [3.63, 3.8) is 0 Å². The predicted octanol–water partition coefficient (Wildman–Crippen LogP) is 25.1. The molecule has 18 nitrogen and oxygen atoms in total. The Morgan fingerprint density at radius 2 is 0.842 bits per heavy atom. The largest absolute Gasteiger partial charge is 0.461 e. The van der Waals surface area contributed by atoms with Gasteiger partial charge in [-0.15, -0.1) is 22.7 Å². The Morgan fingerprint density at radius 1 is 0.333 bits per heavy atom. The van der Waals surface area contributed by atoms with Crippen LogP contribution in [0.5, 0.6) is 0 Å². The number of ether oxygens (including phenoxy) is 8. The van der Waals surface area contributed by atoms with Crippen LogP contribution in [0.1, 0.15) is 53.0 Å². The number of aryl methyl sites for hydroxylation is 6. The Bertz CT molecular complexity index is 5570. The van der Waals surface area contributed by atoms with Crippen LogP contribution in [0.25, 0.3) is 116 Å². The summed E-state index contributed by atoms with van der Waals surface area (Å²) in [4.78, 5) is 5.72. The first kappa shape index (κ1) is 89.3. The van der Waals surface area contributed by atoms with Crippen molar-refractivity contribution in [1.29, 1.82) is 0 Å². The molecule has 0 spiro atoms. The van der Waals surface area contributed by atoms with Crippen LogP contribution in [0.15, 0.2) is 309 Å². The van der Waals surface area contributed by atoms with Crippen LogP contribution in [0.4, 0.5) is 0 Å². The van der Waals surface area contributed by atoms with E-state index in [9.17, 15) is 0 Å². The molecule has 19 aromatic rings. The van der Waals surface area contributed by atoms with Gasteiger partial charge in [-0.1, -0.05) is 78.9 Å². The SMILES string of the molecule is CCOCCOCCOCCOCc1ccco1.COCCOCCOCCOCc1ccco1.Cc1ccc(-c2c3ccccc3cc3ccccc23)o1.Cc1ccc(-c2cc3[se]ccc3[se]2)o1.Cc1ccc(-c2cc3occc3o2)o1.Cc1ccc(-c2cc3sccc3s2)o1.Cc1ccc(-c2ccc[se]2)o1.Cc1ccc(-c2ccccc2)o1. The number of furan rings is 10. The molecule has 0 radical (unpaired) electrons. The van der Waals surface area contributed by atoms with E-state index >= 15 is 0 Å². The average Bonchev–Trinajstić information content (AvgIpc) is 1.09. The molecule has 15 aromatic heterocycles. The average molecular weight is 1850 g/mol. The van der Waals surface area contributed by atoms with Gasteiger partial charge in [0.2, 0.25) is 0 Å². The Hall–Kier alpha value is -9.94.